The van der Waals surface area contributed by atoms with Crippen molar-refractivity contribution in [1.29, 1.82) is 0 Å². The van der Waals surface area contributed by atoms with Crippen molar-refractivity contribution in [3.63, 3.8) is 0 Å². The van der Waals surface area contributed by atoms with Gasteiger partial charge in [-0.2, -0.15) is 13.2 Å². The highest BCUT2D eigenvalue weighted by Crippen LogP contribution is 2.48. The normalized spacial score (nSPS) is 11.3. The van der Waals surface area contributed by atoms with E-state index in [1.165, 1.54) is 0 Å². The molecule has 0 spiro atoms. The SMILES string of the molecule is O=[N+]([O-])c1cc(C(F)(F)F)c(Cl)c([N+](=O)[O-])c1Nc1ccc(F)cc1F. The van der Waals surface area contributed by atoms with E-state index in [9.17, 15) is 42.2 Å². The van der Waals surface area contributed by atoms with Crippen LogP contribution >= 0.6 is 11.6 Å². The van der Waals surface area contributed by atoms with Gasteiger partial charge >= 0.3 is 17.6 Å². The van der Waals surface area contributed by atoms with Gasteiger partial charge in [-0.1, -0.05) is 11.6 Å². The Labute approximate surface area is 145 Å². The molecule has 1 N–H and O–H groups in total. The predicted octanol–water partition coefficient (Wildman–Crippen LogP) is 5.20. The Morgan fingerprint density at radius 3 is 2.12 bits per heavy atom. The fourth-order valence-corrected chi connectivity index (χ4v) is 2.33. The lowest BCUT2D eigenvalue weighted by Crippen LogP contribution is -2.11. The largest absolute Gasteiger partial charge is 0.418 e. The van der Waals surface area contributed by atoms with Gasteiger partial charge in [0.05, 0.1) is 21.1 Å². The second kappa shape index (κ2) is 6.71. The molecule has 7 nitrogen and oxygen atoms in total. The number of benzene rings is 2. The van der Waals surface area contributed by atoms with Crippen LogP contribution in [0.1, 0.15) is 5.56 Å². The summed E-state index contributed by atoms with van der Waals surface area (Å²) in [4.78, 5) is 19.5. The van der Waals surface area contributed by atoms with Gasteiger partial charge in [0.25, 0.3) is 0 Å². The molecule has 0 aliphatic carbocycles. The monoisotopic (exact) mass is 397 g/mol. The third kappa shape index (κ3) is 3.64. The Kier molecular flexibility index (Phi) is 4.98. The summed E-state index contributed by atoms with van der Waals surface area (Å²) in [6.45, 7) is 0. The average Bonchev–Trinajstić information content (AvgIpc) is 2.48. The van der Waals surface area contributed by atoms with Gasteiger partial charge in [-0.15, -0.1) is 0 Å². The van der Waals surface area contributed by atoms with Gasteiger partial charge in [-0.25, -0.2) is 8.78 Å². The Morgan fingerprint density at radius 1 is 1.04 bits per heavy atom. The molecule has 2 aromatic rings. The van der Waals surface area contributed by atoms with Crippen LogP contribution in [0, 0.1) is 31.9 Å². The maximum Gasteiger partial charge on any atom is 0.418 e. The molecule has 0 bridgehead atoms. The molecule has 26 heavy (non-hydrogen) atoms. The number of halogens is 6. The van der Waals surface area contributed by atoms with Crippen molar-refractivity contribution in [1.82, 2.24) is 0 Å². The molecule has 0 aromatic heterocycles. The van der Waals surface area contributed by atoms with Crippen LogP contribution in [0.5, 0.6) is 0 Å². The van der Waals surface area contributed by atoms with Crippen molar-refractivity contribution in [2.75, 3.05) is 5.32 Å². The van der Waals surface area contributed by atoms with Crippen LogP contribution in [0.3, 0.4) is 0 Å². The minimum atomic E-state index is -5.22. The lowest BCUT2D eigenvalue weighted by Gasteiger charge is -2.14. The lowest BCUT2D eigenvalue weighted by atomic mass is 10.1. The van der Waals surface area contributed by atoms with E-state index in [2.05, 4.69) is 0 Å². The summed E-state index contributed by atoms with van der Waals surface area (Å²) in [6.07, 6.45) is -5.22. The Morgan fingerprint density at radius 2 is 1.65 bits per heavy atom. The van der Waals surface area contributed by atoms with E-state index in [1.807, 2.05) is 5.32 Å². The molecule has 0 radical (unpaired) electrons. The van der Waals surface area contributed by atoms with Crippen molar-refractivity contribution in [2.45, 2.75) is 6.18 Å². The molecule has 13 heteroatoms. The van der Waals surface area contributed by atoms with Crippen LogP contribution in [0.2, 0.25) is 5.02 Å². The standard InChI is InChI=1S/C13H5ClF5N3O4/c14-10-6(13(17,18)19)4-9(21(23)24)11(12(10)22(25)26)20-8-2-1-5(15)3-7(8)16/h1-4,20H. The zero-order valence-electron chi connectivity index (χ0n) is 12.1. The molecule has 0 aliphatic rings. The first-order chi connectivity index (χ1) is 11.9. The first-order valence-corrected chi connectivity index (χ1v) is 6.75. The van der Waals surface area contributed by atoms with Crippen molar-refractivity contribution < 1.29 is 31.8 Å². The smallest absolute Gasteiger partial charge is 0.342 e. The summed E-state index contributed by atoms with van der Waals surface area (Å²) < 4.78 is 65.5. The number of nitrogens with one attached hydrogen (secondary N) is 1. The molecule has 0 unspecified atom stereocenters. The molecule has 0 amide bonds. The number of rotatable bonds is 4. The van der Waals surface area contributed by atoms with Gasteiger partial charge in [-0.3, -0.25) is 20.2 Å². The number of nitro benzene ring substituents is 2. The third-order valence-corrected chi connectivity index (χ3v) is 3.48. The third-order valence-electron chi connectivity index (χ3n) is 3.09. The Balaban J connectivity index is 2.80. The van der Waals surface area contributed by atoms with Crippen LogP contribution < -0.4 is 5.32 Å². The van der Waals surface area contributed by atoms with Crippen LogP contribution in [0.25, 0.3) is 0 Å². The van der Waals surface area contributed by atoms with Gasteiger partial charge in [0.2, 0.25) is 0 Å². The zero-order chi connectivity index (χ0) is 19.8. The number of anilines is 2. The van der Waals surface area contributed by atoms with Crippen LogP contribution in [-0.4, -0.2) is 9.85 Å². The van der Waals surface area contributed by atoms with Crippen molar-refractivity contribution in [3.8, 4) is 0 Å². The number of hydrogen-bond donors (Lipinski definition) is 1. The Bertz CT molecular complexity index is 920. The topological polar surface area (TPSA) is 98.3 Å². The average molecular weight is 398 g/mol. The summed E-state index contributed by atoms with van der Waals surface area (Å²) in [7, 11) is 0. The molecule has 0 atom stereocenters. The molecule has 0 heterocycles. The minimum absolute atomic E-state index is 0.0148. The molecule has 2 rings (SSSR count). The van der Waals surface area contributed by atoms with E-state index in [0.717, 1.165) is 12.1 Å². The summed E-state index contributed by atoms with van der Waals surface area (Å²) >= 11 is 5.42. The maximum absolute atomic E-state index is 13.7. The van der Waals surface area contributed by atoms with E-state index < -0.39 is 61.0 Å². The van der Waals surface area contributed by atoms with Crippen LogP contribution in [0.4, 0.5) is 44.7 Å². The molecule has 138 valence electrons. The number of nitro groups is 2. The first kappa shape index (κ1) is 19.3. The van der Waals surface area contributed by atoms with Crippen molar-refractivity contribution in [3.05, 3.63) is 66.7 Å². The summed E-state index contributed by atoms with van der Waals surface area (Å²) in [5.74, 6) is -2.30. The second-order valence-corrected chi connectivity index (χ2v) is 5.12. The summed E-state index contributed by atoms with van der Waals surface area (Å²) in [6, 6.07) is 1.84. The number of hydrogen-bond acceptors (Lipinski definition) is 5. The van der Waals surface area contributed by atoms with E-state index in [0.29, 0.717) is 6.07 Å². The van der Waals surface area contributed by atoms with Crippen LogP contribution in [0.15, 0.2) is 24.3 Å². The number of nitrogens with zero attached hydrogens (tertiary/aromatic N) is 2. The van der Waals surface area contributed by atoms with Gasteiger partial charge in [-0.05, 0) is 12.1 Å². The Hall–Kier alpha value is -3.02. The minimum Gasteiger partial charge on any atom is -0.342 e. The fraction of sp³-hybridized carbons (Fsp3) is 0.0769. The maximum atomic E-state index is 13.7. The van der Waals surface area contributed by atoms with E-state index in [4.69, 9.17) is 11.6 Å². The van der Waals surface area contributed by atoms with Crippen molar-refractivity contribution >= 4 is 34.4 Å². The summed E-state index contributed by atoms with van der Waals surface area (Å²) in [5.41, 5.74) is -6.37. The first-order valence-electron chi connectivity index (χ1n) is 6.38. The molecule has 0 aliphatic heterocycles. The van der Waals surface area contributed by atoms with Gasteiger partial charge < -0.3 is 5.32 Å². The molecule has 0 fully saturated rings. The van der Waals surface area contributed by atoms with E-state index >= 15 is 0 Å². The molecule has 0 saturated heterocycles. The van der Waals surface area contributed by atoms with Gasteiger partial charge in [0, 0.05) is 12.1 Å². The molecular weight excluding hydrogens is 393 g/mol. The lowest BCUT2D eigenvalue weighted by molar-refractivity contribution is -0.392. The van der Waals surface area contributed by atoms with Gasteiger partial charge in [0.15, 0.2) is 5.69 Å². The molecule has 0 saturated carbocycles. The second-order valence-electron chi connectivity index (χ2n) is 4.74. The highest BCUT2D eigenvalue weighted by atomic mass is 35.5. The molecular formula is C13H5ClF5N3O4. The van der Waals surface area contributed by atoms with E-state index in [-0.39, 0.29) is 6.07 Å². The van der Waals surface area contributed by atoms with Gasteiger partial charge in [0.1, 0.15) is 16.7 Å². The summed E-state index contributed by atoms with van der Waals surface area (Å²) in [5, 5.41) is 22.8. The molecule has 2 aromatic carbocycles. The zero-order valence-corrected chi connectivity index (χ0v) is 12.9. The highest BCUT2D eigenvalue weighted by Gasteiger charge is 2.42. The number of alkyl halides is 3. The fourth-order valence-electron chi connectivity index (χ4n) is 2.00. The predicted molar refractivity (Wildman–Crippen MR) is 79.4 cm³/mol. The van der Waals surface area contributed by atoms with E-state index in [1.54, 1.807) is 0 Å². The van der Waals surface area contributed by atoms with Crippen molar-refractivity contribution in [2.24, 2.45) is 0 Å². The highest BCUT2D eigenvalue weighted by molar-refractivity contribution is 6.34. The van der Waals surface area contributed by atoms with Crippen LogP contribution in [-0.2, 0) is 6.18 Å². The quantitative estimate of drug-likeness (QED) is 0.434.